The van der Waals surface area contributed by atoms with Gasteiger partial charge in [-0.1, -0.05) is 23.4 Å². The van der Waals surface area contributed by atoms with Crippen LogP contribution in [0.1, 0.15) is 21.6 Å². The minimum absolute atomic E-state index is 0.204. The molecule has 12 nitrogen and oxygen atoms in total. The highest BCUT2D eigenvalue weighted by atomic mass is 16.7. The smallest absolute Gasteiger partial charge is 0.251 e. The predicted octanol–water partition coefficient (Wildman–Crippen LogP) is -0.645. The maximum absolute atomic E-state index is 12.0. The second kappa shape index (κ2) is 10.9. The van der Waals surface area contributed by atoms with Crippen LogP contribution in [0.2, 0.25) is 0 Å². The number of benzene rings is 2. The van der Waals surface area contributed by atoms with Crippen molar-refractivity contribution in [3.8, 4) is 16.9 Å². The molecule has 5 atom stereocenters. The van der Waals surface area contributed by atoms with Crippen LogP contribution in [0.15, 0.2) is 48.7 Å². The second-order valence-corrected chi connectivity index (χ2v) is 8.94. The molecule has 3 aromatic rings. The lowest BCUT2D eigenvalue weighted by molar-refractivity contribution is -0.324. The molecule has 0 spiro atoms. The van der Waals surface area contributed by atoms with Crippen LogP contribution in [0.4, 0.5) is 0 Å². The van der Waals surface area contributed by atoms with Crippen LogP contribution >= 0.6 is 0 Å². The van der Waals surface area contributed by atoms with Gasteiger partial charge in [0.1, 0.15) is 29.8 Å². The molecule has 0 bridgehead atoms. The molecule has 1 fully saturated rings. The highest BCUT2D eigenvalue weighted by Crippen LogP contribution is 2.35. The molecular formula is C25H30N4O8. The average molecular weight is 515 g/mol. The van der Waals surface area contributed by atoms with Gasteiger partial charge in [-0.15, -0.1) is 5.10 Å². The molecule has 2 aromatic carbocycles. The Morgan fingerprint density at radius 3 is 2.59 bits per heavy atom. The van der Waals surface area contributed by atoms with Crippen LogP contribution in [-0.4, -0.2) is 90.3 Å². The van der Waals surface area contributed by atoms with E-state index in [1.165, 1.54) is 10.9 Å². The van der Waals surface area contributed by atoms with Gasteiger partial charge in [-0.2, -0.15) is 0 Å². The summed E-state index contributed by atoms with van der Waals surface area (Å²) in [5.74, 6) is 0.120. The number of nitrogens with one attached hydrogen (secondary N) is 1. The lowest BCUT2D eigenvalue weighted by Crippen LogP contribution is -2.69. The van der Waals surface area contributed by atoms with Crippen LogP contribution in [0.5, 0.6) is 5.75 Å². The van der Waals surface area contributed by atoms with Gasteiger partial charge in [0.2, 0.25) is 6.29 Å². The SMILES string of the molecule is CNC(=O)c1cccc(-c2ccc(O[C@H]3O[C@H](CO)[C@@H](O)[C@H](O)[C@@]3(O)Cn3cc(CO)nn3)c(C)c2)c1. The number of aryl methyl sites for hydroxylation is 1. The number of aliphatic hydroxyl groups excluding tert-OH is 4. The number of hydrogen-bond donors (Lipinski definition) is 6. The minimum Gasteiger partial charge on any atom is -0.461 e. The zero-order chi connectivity index (χ0) is 26.7. The monoisotopic (exact) mass is 514 g/mol. The van der Waals surface area contributed by atoms with Crippen molar-refractivity contribution in [1.29, 1.82) is 0 Å². The Balaban J connectivity index is 1.63. The fraction of sp³-hybridized carbons (Fsp3) is 0.400. The van der Waals surface area contributed by atoms with Crippen molar-refractivity contribution in [2.24, 2.45) is 0 Å². The van der Waals surface area contributed by atoms with Crippen LogP contribution in [0, 0.1) is 6.92 Å². The zero-order valence-electron chi connectivity index (χ0n) is 20.4. The molecule has 1 saturated heterocycles. The van der Waals surface area contributed by atoms with E-state index in [0.29, 0.717) is 16.9 Å². The molecule has 2 heterocycles. The lowest BCUT2D eigenvalue weighted by atomic mass is 9.86. The molecule has 4 rings (SSSR count). The van der Waals surface area contributed by atoms with E-state index in [0.717, 1.165) is 11.1 Å². The van der Waals surface area contributed by atoms with E-state index in [2.05, 4.69) is 15.6 Å². The fourth-order valence-corrected chi connectivity index (χ4v) is 4.25. The number of aliphatic hydroxyl groups is 5. The first-order valence-electron chi connectivity index (χ1n) is 11.6. The summed E-state index contributed by atoms with van der Waals surface area (Å²) in [6.45, 7) is 0.406. The molecule has 37 heavy (non-hydrogen) atoms. The van der Waals surface area contributed by atoms with Crippen molar-refractivity contribution in [3.63, 3.8) is 0 Å². The van der Waals surface area contributed by atoms with Gasteiger partial charge >= 0.3 is 0 Å². The number of ether oxygens (including phenoxy) is 2. The van der Waals surface area contributed by atoms with Gasteiger partial charge in [-0.05, 0) is 47.9 Å². The molecule has 0 radical (unpaired) electrons. The molecule has 1 amide bonds. The fourth-order valence-electron chi connectivity index (χ4n) is 4.25. The molecule has 1 aliphatic rings. The molecule has 198 valence electrons. The molecule has 6 N–H and O–H groups in total. The van der Waals surface area contributed by atoms with E-state index in [4.69, 9.17) is 9.47 Å². The topological polar surface area (TPSA) is 179 Å². The van der Waals surface area contributed by atoms with E-state index >= 15 is 0 Å². The van der Waals surface area contributed by atoms with Crippen LogP contribution in [0.25, 0.3) is 11.1 Å². The summed E-state index contributed by atoms with van der Waals surface area (Å²) in [6, 6.07) is 12.4. The maximum atomic E-state index is 12.0. The van der Waals surface area contributed by atoms with E-state index in [1.807, 2.05) is 12.1 Å². The van der Waals surface area contributed by atoms with E-state index in [9.17, 15) is 30.3 Å². The first kappa shape index (κ1) is 26.7. The lowest BCUT2D eigenvalue weighted by Gasteiger charge is -2.47. The minimum atomic E-state index is -2.20. The van der Waals surface area contributed by atoms with Gasteiger partial charge in [0, 0.05) is 12.6 Å². The zero-order valence-corrected chi connectivity index (χ0v) is 20.4. The Morgan fingerprint density at radius 1 is 1.19 bits per heavy atom. The van der Waals surface area contributed by atoms with Gasteiger partial charge < -0.3 is 40.3 Å². The molecule has 0 unspecified atom stereocenters. The van der Waals surface area contributed by atoms with E-state index in [-0.39, 0.29) is 24.8 Å². The number of nitrogens with zero attached hydrogens (tertiary/aromatic N) is 3. The summed E-state index contributed by atoms with van der Waals surface area (Å²) >= 11 is 0. The molecule has 0 saturated carbocycles. The number of rotatable bonds is 8. The average Bonchev–Trinajstić information content (AvgIpc) is 3.37. The number of carbonyl (C=O) groups excluding carboxylic acids is 1. The van der Waals surface area contributed by atoms with Crippen molar-refractivity contribution in [3.05, 3.63) is 65.5 Å². The highest BCUT2D eigenvalue weighted by molar-refractivity contribution is 5.95. The highest BCUT2D eigenvalue weighted by Gasteiger charge is 2.56. The molecule has 12 heteroatoms. The molecular weight excluding hydrogens is 484 g/mol. The van der Waals surface area contributed by atoms with Gasteiger partial charge in [0.25, 0.3) is 5.91 Å². The third kappa shape index (κ3) is 5.34. The van der Waals surface area contributed by atoms with Crippen molar-refractivity contribution in [2.75, 3.05) is 13.7 Å². The van der Waals surface area contributed by atoms with Crippen LogP contribution in [0.3, 0.4) is 0 Å². The first-order chi connectivity index (χ1) is 17.7. The van der Waals surface area contributed by atoms with Gasteiger partial charge in [-0.25, -0.2) is 4.68 Å². The Bertz CT molecular complexity index is 1250. The Kier molecular flexibility index (Phi) is 7.87. The Hall–Kier alpha value is -3.39. The maximum Gasteiger partial charge on any atom is 0.251 e. The van der Waals surface area contributed by atoms with Crippen molar-refractivity contribution < 1.29 is 39.8 Å². The standard InChI is InChI=1S/C25H30N4O8/c1-14-8-16(15-4-3-5-17(9-15)23(34)26-2)6-7-19(14)36-24-25(35,13-29-10-18(11-30)27-28-29)22(33)21(32)20(12-31)37-24/h3-10,20-22,24,30-33,35H,11-13H2,1-2H3,(H,26,34)/t20-,21-,22+,24+,25+/m1/s1. The van der Waals surface area contributed by atoms with Crippen LogP contribution < -0.4 is 10.1 Å². The molecule has 0 aliphatic carbocycles. The molecule has 1 aromatic heterocycles. The van der Waals surface area contributed by atoms with Crippen molar-refractivity contribution in [1.82, 2.24) is 20.3 Å². The normalized spacial score (nSPS) is 25.6. The second-order valence-electron chi connectivity index (χ2n) is 8.94. The summed E-state index contributed by atoms with van der Waals surface area (Å²) in [4.78, 5) is 12.0. The number of aromatic nitrogens is 3. The predicted molar refractivity (Wildman–Crippen MR) is 129 cm³/mol. The van der Waals surface area contributed by atoms with Crippen molar-refractivity contribution >= 4 is 5.91 Å². The quantitative estimate of drug-likeness (QED) is 0.226. The summed E-state index contributed by atoms with van der Waals surface area (Å²) in [7, 11) is 1.56. The Labute approximate surface area is 212 Å². The summed E-state index contributed by atoms with van der Waals surface area (Å²) in [6.07, 6.45) is -4.72. The summed E-state index contributed by atoms with van der Waals surface area (Å²) in [5, 5.41) is 61.8. The van der Waals surface area contributed by atoms with Crippen molar-refractivity contribution in [2.45, 2.75) is 50.3 Å². The number of amides is 1. The third-order valence-electron chi connectivity index (χ3n) is 6.36. The van der Waals surface area contributed by atoms with Gasteiger partial charge in [0.05, 0.1) is 26.0 Å². The first-order valence-corrected chi connectivity index (χ1v) is 11.6. The van der Waals surface area contributed by atoms with E-state index in [1.54, 1.807) is 44.3 Å². The number of carbonyl (C=O) groups is 1. The summed E-state index contributed by atoms with van der Waals surface area (Å²) in [5.41, 5.74) is 0.854. The van der Waals surface area contributed by atoms with Gasteiger partial charge in [-0.3, -0.25) is 4.79 Å². The summed E-state index contributed by atoms with van der Waals surface area (Å²) < 4.78 is 12.9. The number of hydrogen-bond acceptors (Lipinski definition) is 10. The Morgan fingerprint density at radius 2 is 1.95 bits per heavy atom. The van der Waals surface area contributed by atoms with Crippen LogP contribution in [-0.2, 0) is 17.9 Å². The van der Waals surface area contributed by atoms with E-state index < -0.39 is 36.8 Å². The third-order valence-corrected chi connectivity index (χ3v) is 6.36. The molecule has 1 aliphatic heterocycles. The van der Waals surface area contributed by atoms with Gasteiger partial charge in [0.15, 0.2) is 5.60 Å². The largest absolute Gasteiger partial charge is 0.461 e.